The maximum Gasteiger partial charge on any atom is 0.392 e. The minimum absolute atomic E-state index is 0.127. The number of halogens is 4. The summed E-state index contributed by atoms with van der Waals surface area (Å²) in [6.07, 6.45) is 0. The van der Waals surface area contributed by atoms with Crippen LogP contribution in [-0.2, 0) is 0 Å². The van der Waals surface area contributed by atoms with Crippen molar-refractivity contribution in [2.75, 3.05) is 0 Å². The molecule has 0 N–H and O–H groups in total. The molecule has 0 aliphatic rings. The third-order valence-corrected chi connectivity index (χ3v) is 4.63. The minimum atomic E-state index is -2.84. The Kier molecular flexibility index (Phi) is 3.52. The first kappa shape index (κ1) is 8.90. The number of hydrogen-bond donors (Lipinski definition) is 0. The van der Waals surface area contributed by atoms with Gasteiger partial charge in [-0.05, 0) is 0 Å². The molecule has 8 heavy (non-hydrogen) atoms. The average molecular weight is 208 g/mol. The maximum atomic E-state index is 5.38. The van der Waals surface area contributed by atoms with Gasteiger partial charge in [0.15, 0.2) is 0 Å². The van der Waals surface area contributed by atoms with Crippen LogP contribution in [0.3, 0.4) is 0 Å². The van der Waals surface area contributed by atoms with Crippen molar-refractivity contribution in [1.29, 1.82) is 0 Å². The highest BCUT2D eigenvalue weighted by molar-refractivity contribution is 7.68. The van der Waals surface area contributed by atoms with E-state index >= 15 is 0 Å². The van der Waals surface area contributed by atoms with Gasteiger partial charge in [-0.2, -0.15) is 0 Å². The van der Waals surface area contributed by atoms with E-state index in [0.717, 1.165) is 0 Å². The molecule has 0 spiro atoms. The van der Waals surface area contributed by atoms with Crippen molar-refractivity contribution in [3.63, 3.8) is 0 Å². The molecule has 0 bridgehead atoms. The molecule has 0 amide bonds. The van der Waals surface area contributed by atoms with E-state index in [-0.39, 0.29) is 4.66 Å². The van der Waals surface area contributed by atoms with Crippen molar-refractivity contribution in [3.05, 3.63) is 17.0 Å². The molecule has 0 aromatic heterocycles. The molecule has 5 heteroatoms. The Morgan fingerprint density at radius 2 is 1.75 bits per heavy atom. The van der Waals surface area contributed by atoms with Crippen LogP contribution in [0.25, 0.3) is 0 Å². The van der Waals surface area contributed by atoms with Crippen LogP contribution < -0.4 is 0 Å². The zero-order valence-electron chi connectivity index (χ0n) is 3.72. The van der Waals surface area contributed by atoms with Gasteiger partial charge in [0.25, 0.3) is 0 Å². The lowest BCUT2D eigenvalue weighted by Gasteiger charge is -2.00. The Hall–Kier alpha value is 0.897. The molecule has 0 aromatic rings. The summed E-state index contributed by atoms with van der Waals surface area (Å²) in [5.74, 6) is 0. The van der Waals surface area contributed by atoms with Gasteiger partial charge in [0.05, 0.1) is 4.66 Å². The van der Waals surface area contributed by atoms with Crippen LogP contribution in [0.5, 0.6) is 0 Å². The molecular weight excluding hydrogens is 206 g/mol. The quantitative estimate of drug-likeness (QED) is 0.352. The summed E-state index contributed by atoms with van der Waals surface area (Å²) in [4.78, 5) is 0. The Morgan fingerprint density at radius 3 is 1.75 bits per heavy atom. The Morgan fingerprint density at radius 1 is 1.38 bits per heavy atom. The first-order chi connectivity index (χ1) is 3.48. The topological polar surface area (TPSA) is 0 Å². The predicted molar refractivity (Wildman–Crippen MR) is 41.8 cm³/mol. The second-order valence-electron chi connectivity index (χ2n) is 0.989. The lowest BCUT2D eigenvalue weighted by molar-refractivity contribution is 2.27. The summed E-state index contributed by atoms with van der Waals surface area (Å²) in [6, 6.07) is -2.84. The number of rotatable bonds is 1. The second kappa shape index (κ2) is 3.16. The summed E-state index contributed by atoms with van der Waals surface area (Å²) in [6.45, 7) is 3.21. The summed E-state index contributed by atoms with van der Waals surface area (Å²) < 4.78 is 0.127. The average Bonchev–Trinajstić information content (AvgIpc) is 1.62. The summed E-state index contributed by atoms with van der Waals surface area (Å²) in [7, 11) is 0. The Labute approximate surface area is 67.8 Å². The molecule has 0 rings (SSSR count). The van der Waals surface area contributed by atoms with E-state index in [9.17, 15) is 0 Å². The molecule has 0 saturated carbocycles. The molecule has 0 saturated heterocycles. The van der Waals surface area contributed by atoms with Crippen molar-refractivity contribution < 1.29 is 0 Å². The van der Waals surface area contributed by atoms with Gasteiger partial charge in [-0.15, -0.1) is 39.0 Å². The van der Waals surface area contributed by atoms with E-state index in [4.69, 9.17) is 44.8 Å². The van der Waals surface area contributed by atoms with Crippen molar-refractivity contribution in [1.82, 2.24) is 0 Å². The van der Waals surface area contributed by atoms with Crippen LogP contribution in [0, 0.1) is 0 Å². The molecule has 0 heterocycles. The largest absolute Gasteiger partial charge is 0.392 e. The molecule has 0 atom stereocenters. The highest BCUT2D eigenvalue weighted by atomic mass is 35.8. The molecule has 46 valence electrons. The lowest BCUT2D eigenvalue weighted by atomic mass is 11.0. The highest BCUT2D eigenvalue weighted by Crippen LogP contribution is 2.30. The number of hydrogen-bond acceptors (Lipinski definition) is 0. The van der Waals surface area contributed by atoms with Crippen molar-refractivity contribution >= 4 is 50.8 Å². The third-order valence-electron chi connectivity index (χ3n) is 0.404. The van der Waals surface area contributed by atoms with Gasteiger partial charge >= 0.3 is 6.00 Å². The fourth-order valence-electron chi connectivity index (χ4n) is 0.100. The fraction of sp³-hybridized carbons (Fsp3) is 0. The summed E-state index contributed by atoms with van der Waals surface area (Å²) in [5.41, 5.74) is 2.30. The Bertz CT molecular complexity index is 129. The van der Waals surface area contributed by atoms with E-state index in [2.05, 4.69) is 12.3 Å². The SMILES string of the molecule is C=C=C(Cl)[Si](Cl)(Cl)Cl. The molecule has 0 aliphatic carbocycles. The van der Waals surface area contributed by atoms with Gasteiger partial charge in [0.2, 0.25) is 0 Å². The van der Waals surface area contributed by atoms with E-state index in [1.165, 1.54) is 0 Å². The predicted octanol–water partition coefficient (Wildman–Crippen LogP) is 3.09. The highest BCUT2D eigenvalue weighted by Gasteiger charge is 2.29. The van der Waals surface area contributed by atoms with Crippen LogP contribution in [0.1, 0.15) is 0 Å². The van der Waals surface area contributed by atoms with Gasteiger partial charge in [-0.3, -0.25) is 0 Å². The minimum Gasteiger partial charge on any atom is -0.120 e. The smallest absolute Gasteiger partial charge is 0.120 e. The van der Waals surface area contributed by atoms with Crippen LogP contribution in [0.15, 0.2) is 17.0 Å². The standard InChI is InChI=1S/C3H2Cl4Si/c1-2-3(4)8(5,6)7/h1H2. The van der Waals surface area contributed by atoms with Crippen molar-refractivity contribution in [2.24, 2.45) is 0 Å². The van der Waals surface area contributed by atoms with E-state index in [1.807, 2.05) is 0 Å². The zero-order chi connectivity index (χ0) is 6.78. The normalized spacial score (nSPS) is 10.5. The van der Waals surface area contributed by atoms with Gasteiger partial charge in [-0.1, -0.05) is 18.2 Å². The van der Waals surface area contributed by atoms with Crippen LogP contribution in [0.4, 0.5) is 0 Å². The summed E-state index contributed by atoms with van der Waals surface area (Å²) in [5, 5.41) is 0. The zero-order valence-corrected chi connectivity index (χ0v) is 7.74. The maximum absolute atomic E-state index is 5.38. The molecule has 0 aromatic carbocycles. The monoisotopic (exact) mass is 206 g/mol. The van der Waals surface area contributed by atoms with Crippen LogP contribution in [0.2, 0.25) is 0 Å². The van der Waals surface area contributed by atoms with Gasteiger partial charge in [0.1, 0.15) is 0 Å². The lowest BCUT2D eigenvalue weighted by Crippen LogP contribution is -2.08. The molecule has 0 aliphatic heterocycles. The van der Waals surface area contributed by atoms with Gasteiger partial charge < -0.3 is 0 Å². The molecular formula is C3H2Cl4Si. The molecule has 0 unspecified atom stereocenters. The van der Waals surface area contributed by atoms with Crippen LogP contribution >= 0.6 is 44.8 Å². The van der Waals surface area contributed by atoms with E-state index in [1.54, 1.807) is 0 Å². The van der Waals surface area contributed by atoms with Crippen molar-refractivity contribution in [3.8, 4) is 0 Å². The van der Waals surface area contributed by atoms with E-state index < -0.39 is 6.00 Å². The molecule has 0 radical (unpaired) electrons. The third kappa shape index (κ3) is 3.03. The Balaban J connectivity index is 4.26. The van der Waals surface area contributed by atoms with Crippen LogP contribution in [-0.4, -0.2) is 6.00 Å². The fourth-order valence-corrected chi connectivity index (χ4v) is 0.902. The van der Waals surface area contributed by atoms with E-state index in [0.29, 0.717) is 0 Å². The first-order valence-electron chi connectivity index (χ1n) is 1.61. The molecule has 0 nitrogen and oxygen atoms in total. The van der Waals surface area contributed by atoms with Gasteiger partial charge in [-0.25, -0.2) is 0 Å². The second-order valence-corrected chi connectivity index (χ2v) is 10.0. The first-order valence-corrected chi connectivity index (χ1v) is 7.02. The van der Waals surface area contributed by atoms with Gasteiger partial charge in [0, 0.05) is 0 Å². The molecule has 0 fully saturated rings. The summed E-state index contributed by atoms with van der Waals surface area (Å²) >= 11 is 21.5. The van der Waals surface area contributed by atoms with Crippen molar-refractivity contribution in [2.45, 2.75) is 0 Å².